The van der Waals surface area contributed by atoms with Gasteiger partial charge in [-0.1, -0.05) is 25.1 Å². The van der Waals surface area contributed by atoms with E-state index < -0.39 is 0 Å². The molecular formula is C21H29N3O. The molecule has 4 heteroatoms. The standard InChI is InChI=1S/C21H29N3O/c1-17(18-6-8-20(25-2)9-7-18)10-14-22-19-11-15-24(16-12-19)21-5-3-4-13-23-21/h3-9,13,17,19,22H,10-12,14-16H2,1-2H3/t17-/m0/s1. The first-order valence-corrected chi connectivity index (χ1v) is 9.29. The number of nitrogens with one attached hydrogen (secondary N) is 1. The molecule has 1 aliphatic rings. The average molecular weight is 339 g/mol. The summed E-state index contributed by atoms with van der Waals surface area (Å²) in [7, 11) is 1.71. The Kier molecular flexibility index (Phi) is 6.29. The van der Waals surface area contributed by atoms with Gasteiger partial charge in [-0.15, -0.1) is 0 Å². The van der Waals surface area contributed by atoms with Crippen molar-refractivity contribution in [3.05, 3.63) is 54.2 Å². The van der Waals surface area contributed by atoms with Crippen molar-refractivity contribution in [1.82, 2.24) is 10.3 Å². The third kappa shape index (κ3) is 4.95. The maximum absolute atomic E-state index is 5.23. The first-order chi connectivity index (χ1) is 12.3. The molecule has 0 spiro atoms. The van der Waals surface area contributed by atoms with Gasteiger partial charge in [-0.2, -0.15) is 0 Å². The quantitative estimate of drug-likeness (QED) is 0.831. The molecule has 1 saturated heterocycles. The number of piperidine rings is 1. The molecule has 0 radical (unpaired) electrons. The molecule has 1 aliphatic heterocycles. The molecule has 1 N–H and O–H groups in total. The summed E-state index contributed by atoms with van der Waals surface area (Å²) < 4.78 is 5.23. The van der Waals surface area contributed by atoms with E-state index in [1.54, 1.807) is 7.11 Å². The summed E-state index contributed by atoms with van der Waals surface area (Å²) >= 11 is 0. The van der Waals surface area contributed by atoms with Crippen LogP contribution in [0.15, 0.2) is 48.7 Å². The van der Waals surface area contributed by atoms with Crippen molar-refractivity contribution < 1.29 is 4.74 Å². The molecule has 1 aromatic heterocycles. The number of ether oxygens (including phenoxy) is 1. The zero-order valence-electron chi connectivity index (χ0n) is 15.3. The molecule has 134 valence electrons. The Balaban J connectivity index is 1.38. The van der Waals surface area contributed by atoms with Gasteiger partial charge in [0.15, 0.2) is 0 Å². The first kappa shape index (κ1) is 17.7. The molecule has 1 aromatic carbocycles. The lowest BCUT2D eigenvalue weighted by Gasteiger charge is -2.33. The van der Waals surface area contributed by atoms with Gasteiger partial charge in [0.1, 0.15) is 11.6 Å². The van der Waals surface area contributed by atoms with Gasteiger partial charge in [-0.25, -0.2) is 4.98 Å². The fourth-order valence-electron chi connectivity index (χ4n) is 3.46. The van der Waals surface area contributed by atoms with Gasteiger partial charge >= 0.3 is 0 Å². The molecule has 4 nitrogen and oxygen atoms in total. The SMILES string of the molecule is COc1ccc([C@@H](C)CCNC2CCN(c3ccccn3)CC2)cc1. The molecule has 1 atom stereocenters. The van der Waals surface area contributed by atoms with Gasteiger partial charge < -0.3 is 15.0 Å². The number of nitrogens with zero attached hydrogens (tertiary/aromatic N) is 2. The van der Waals surface area contributed by atoms with Crippen molar-refractivity contribution in [3.8, 4) is 5.75 Å². The van der Waals surface area contributed by atoms with E-state index in [0.29, 0.717) is 12.0 Å². The zero-order chi connectivity index (χ0) is 17.5. The van der Waals surface area contributed by atoms with Gasteiger partial charge in [-0.05, 0) is 61.6 Å². The molecule has 0 aliphatic carbocycles. The van der Waals surface area contributed by atoms with E-state index in [0.717, 1.165) is 37.6 Å². The molecule has 3 rings (SSSR count). The van der Waals surface area contributed by atoms with Crippen LogP contribution in [0.4, 0.5) is 5.82 Å². The van der Waals surface area contributed by atoms with Gasteiger partial charge in [0, 0.05) is 25.3 Å². The summed E-state index contributed by atoms with van der Waals surface area (Å²) in [6.07, 6.45) is 5.41. The summed E-state index contributed by atoms with van der Waals surface area (Å²) in [5.74, 6) is 2.59. The Bertz CT molecular complexity index is 621. The van der Waals surface area contributed by atoms with Gasteiger partial charge in [0.25, 0.3) is 0 Å². The number of methoxy groups -OCH3 is 1. The van der Waals surface area contributed by atoms with Crippen molar-refractivity contribution >= 4 is 5.82 Å². The lowest BCUT2D eigenvalue weighted by Crippen LogP contribution is -2.43. The number of rotatable bonds is 7. The van der Waals surface area contributed by atoms with Crippen LogP contribution in [0.3, 0.4) is 0 Å². The van der Waals surface area contributed by atoms with Crippen LogP contribution in [-0.2, 0) is 0 Å². The largest absolute Gasteiger partial charge is 0.497 e. The Morgan fingerprint density at radius 3 is 2.56 bits per heavy atom. The van der Waals surface area contributed by atoms with E-state index in [1.807, 2.05) is 24.4 Å². The number of aromatic nitrogens is 1. The molecule has 2 heterocycles. The fourth-order valence-corrected chi connectivity index (χ4v) is 3.46. The van der Waals surface area contributed by atoms with E-state index in [2.05, 4.69) is 46.4 Å². The normalized spacial score (nSPS) is 16.6. The van der Waals surface area contributed by atoms with E-state index in [4.69, 9.17) is 4.74 Å². The van der Waals surface area contributed by atoms with Crippen molar-refractivity contribution in [2.24, 2.45) is 0 Å². The highest BCUT2D eigenvalue weighted by Crippen LogP contribution is 2.22. The number of benzene rings is 1. The van der Waals surface area contributed by atoms with Crippen LogP contribution in [0, 0.1) is 0 Å². The number of pyridine rings is 1. The highest BCUT2D eigenvalue weighted by molar-refractivity contribution is 5.38. The van der Waals surface area contributed by atoms with Crippen LogP contribution in [-0.4, -0.2) is 37.8 Å². The van der Waals surface area contributed by atoms with E-state index in [9.17, 15) is 0 Å². The molecule has 0 unspecified atom stereocenters. The first-order valence-electron chi connectivity index (χ1n) is 9.29. The Morgan fingerprint density at radius 2 is 1.92 bits per heavy atom. The Labute approximate surface area is 151 Å². The highest BCUT2D eigenvalue weighted by atomic mass is 16.5. The van der Waals surface area contributed by atoms with E-state index in [-0.39, 0.29) is 0 Å². The molecule has 1 fully saturated rings. The lowest BCUT2D eigenvalue weighted by molar-refractivity contribution is 0.405. The van der Waals surface area contributed by atoms with Crippen LogP contribution in [0.25, 0.3) is 0 Å². The van der Waals surface area contributed by atoms with Gasteiger partial charge in [0.05, 0.1) is 7.11 Å². The molecule has 0 bridgehead atoms. The maximum Gasteiger partial charge on any atom is 0.128 e. The van der Waals surface area contributed by atoms with Gasteiger partial charge in [-0.3, -0.25) is 0 Å². The van der Waals surface area contributed by atoms with Crippen LogP contribution >= 0.6 is 0 Å². The minimum Gasteiger partial charge on any atom is -0.497 e. The third-order valence-corrected chi connectivity index (χ3v) is 5.16. The minimum absolute atomic E-state index is 0.562. The topological polar surface area (TPSA) is 37.4 Å². The zero-order valence-corrected chi connectivity index (χ0v) is 15.3. The van der Waals surface area contributed by atoms with E-state index in [1.165, 1.54) is 18.4 Å². The Morgan fingerprint density at radius 1 is 1.16 bits per heavy atom. The minimum atomic E-state index is 0.562. The highest BCUT2D eigenvalue weighted by Gasteiger charge is 2.19. The summed E-state index contributed by atoms with van der Waals surface area (Å²) in [5, 5.41) is 3.75. The van der Waals surface area contributed by atoms with Crippen LogP contribution in [0.2, 0.25) is 0 Å². The summed E-state index contributed by atoms with van der Waals surface area (Å²) in [6.45, 7) is 5.54. The van der Waals surface area contributed by atoms with E-state index >= 15 is 0 Å². The molecule has 2 aromatic rings. The average Bonchev–Trinajstić information content (AvgIpc) is 2.69. The smallest absolute Gasteiger partial charge is 0.128 e. The lowest BCUT2D eigenvalue weighted by atomic mass is 9.97. The molecular weight excluding hydrogens is 310 g/mol. The monoisotopic (exact) mass is 339 g/mol. The molecule has 25 heavy (non-hydrogen) atoms. The predicted octanol–water partition coefficient (Wildman–Crippen LogP) is 3.84. The number of hydrogen-bond acceptors (Lipinski definition) is 4. The predicted molar refractivity (Wildman–Crippen MR) is 104 cm³/mol. The van der Waals surface area contributed by atoms with Gasteiger partial charge in [0.2, 0.25) is 0 Å². The van der Waals surface area contributed by atoms with Crippen LogP contribution in [0.1, 0.15) is 37.7 Å². The second kappa shape index (κ2) is 8.86. The van der Waals surface area contributed by atoms with Crippen molar-refractivity contribution in [2.75, 3.05) is 31.6 Å². The second-order valence-electron chi connectivity index (χ2n) is 6.87. The summed E-state index contributed by atoms with van der Waals surface area (Å²) in [4.78, 5) is 6.84. The Hall–Kier alpha value is -2.07. The molecule has 0 saturated carbocycles. The number of anilines is 1. The second-order valence-corrected chi connectivity index (χ2v) is 6.87. The van der Waals surface area contributed by atoms with Crippen molar-refractivity contribution in [2.45, 2.75) is 38.1 Å². The number of hydrogen-bond donors (Lipinski definition) is 1. The van der Waals surface area contributed by atoms with Crippen LogP contribution in [0.5, 0.6) is 5.75 Å². The van der Waals surface area contributed by atoms with Crippen molar-refractivity contribution in [1.29, 1.82) is 0 Å². The maximum atomic E-state index is 5.23. The van der Waals surface area contributed by atoms with Crippen molar-refractivity contribution in [3.63, 3.8) is 0 Å². The molecule has 0 amide bonds. The summed E-state index contributed by atoms with van der Waals surface area (Å²) in [5.41, 5.74) is 1.38. The van der Waals surface area contributed by atoms with Crippen LogP contribution < -0.4 is 15.0 Å². The summed E-state index contributed by atoms with van der Waals surface area (Å²) in [6, 6.07) is 15.2. The fraction of sp³-hybridized carbons (Fsp3) is 0.476. The third-order valence-electron chi connectivity index (χ3n) is 5.16.